The molecular formula is C21H26N2O4. The van der Waals surface area contributed by atoms with Crippen molar-refractivity contribution in [1.29, 1.82) is 0 Å². The predicted molar refractivity (Wildman–Crippen MR) is 107 cm³/mol. The number of anilines is 1. The average molecular weight is 370 g/mol. The molecule has 0 bridgehead atoms. The minimum Gasteiger partial charge on any atom is -0.493 e. The molecule has 144 valence electrons. The fraction of sp³-hybridized carbons (Fsp3) is 0.333. The second kappa shape index (κ2) is 9.62. The van der Waals surface area contributed by atoms with Crippen LogP contribution in [0.3, 0.4) is 0 Å². The molecule has 1 amide bonds. The number of aryl methyl sites for hydroxylation is 1. The maximum Gasteiger partial charge on any atom is 0.267 e. The molecule has 6 nitrogen and oxygen atoms in total. The number of hydrogen-bond donors (Lipinski definition) is 1. The Kier molecular flexibility index (Phi) is 7.23. The molecule has 2 aromatic carbocycles. The summed E-state index contributed by atoms with van der Waals surface area (Å²) in [7, 11) is 1.58. The van der Waals surface area contributed by atoms with E-state index in [0.29, 0.717) is 11.5 Å². The summed E-state index contributed by atoms with van der Waals surface area (Å²) < 4.78 is 11.0. The Hall–Kier alpha value is -3.02. The number of hydrogen-bond acceptors (Lipinski definition) is 5. The van der Waals surface area contributed by atoms with Gasteiger partial charge in [0.25, 0.3) is 5.91 Å². The molecule has 0 fully saturated rings. The van der Waals surface area contributed by atoms with Gasteiger partial charge in [0.2, 0.25) is 6.10 Å². The smallest absolute Gasteiger partial charge is 0.267 e. The van der Waals surface area contributed by atoms with Crippen LogP contribution < -0.4 is 14.8 Å². The van der Waals surface area contributed by atoms with Crippen molar-refractivity contribution >= 4 is 17.8 Å². The van der Waals surface area contributed by atoms with Crippen molar-refractivity contribution in [3.8, 4) is 11.5 Å². The Morgan fingerprint density at radius 3 is 2.56 bits per heavy atom. The number of ether oxygens (including phenoxy) is 2. The molecule has 0 spiro atoms. The minimum atomic E-state index is -0.729. The maximum absolute atomic E-state index is 12.2. The third-order valence-corrected chi connectivity index (χ3v) is 3.63. The number of methoxy groups -OCH3 is 1. The van der Waals surface area contributed by atoms with Crippen molar-refractivity contribution in [3.63, 3.8) is 0 Å². The van der Waals surface area contributed by atoms with E-state index in [0.717, 1.165) is 16.8 Å². The zero-order chi connectivity index (χ0) is 19.8. The van der Waals surface area contributed by atoms with E-state index in [1.165, 1.54) is 6.21 Å². The van der Waals surface area contributed by atoms with Crippen LogP contribution in [-0.4, -0.2) is 31.4 Å². The lowest BCUT2D eigenvalue weighted by molar-refractivity contribution is -0.126. The van der Waals surface area contributed by atoms with E-state index in [9.17, 15) is 4.79 Å². The number of amides is 1. The van der Waals surface area contributed by atoms with Gasteiger partial charge >= 0.3 is 0 Å². The zero-order valence-corrected chi connectivity index (χ0v) is 16.4. The summed E-state index contributed by atoms with van der Waals surface area (Å²) in [5.41, 5.74) is 2.57. The molecule has 1 N–H and O–H groups in total. The van der Waals surface area contributed by atoms with E-state index < -0.39 is 6.10 Å². The van der Waals surface area contributed by atoms with Crippen LogP contribution >= 0.6 is 0 Å². The first-order chi connectivity index (χ1) is 12.9. The van der Waals surface area contributed by atoms with Gasteiger partial charge in [-0.1, -0.05) is 17.3 Å². The molecule has 0 aliphatic rings. The number of carbonyl (C=O) groups excluding carboxylic acids is 1. The highest BCUT2D eigenvalue weighted by molar-refractivity contribution is 5.94. The molecule has 27 heavy (non-hydrogen) atoms. The van der Waals surface area contributed by atoms with Gasteiger partial charge < -0.3 is 19.6 Å². The molecule has 0 aliphatic heterocycles. The molecule has 2 aromatic rings. The fourth-order valence-corrected chi connectivity index (χ4v) is 2.31. The molecule has 0 saturated carbocycles. The van der Waals surface area contributed by atoms with Gasteiger partial charge in [-0.2, -0.15) is 0 Å². The van der Waals surface area contributed by atoms with Crippen LogP contribution in [-0.2, 0) is 9.63 Å². The molecule has 6 heteroatoms. The predicted octanol–water partition coefficient (Wildman–Crippen LogP) is 4.17. The Morgan fingerprint density at radius 1 is 1.11 bits per heavy atom. The van der Waals surface area contributed by atoms with Crippen LogP contribution in [0.5, 0.6) is 11.5 Å². The molecule has 0 aliphatic carbocycles. The van der Waals surface area contributed by atoms with Crippen LogP contribution in [0.4, 0.5) is 5.69 Å². The molecule has 2 rings (SSSR count). The lowest BCUT2D eigenvalue weighted by Gasteiger charge is -2.13. The van der Waals surface area contributed by atoms with E-state index in [1.807, 2.05) is 57.2 Å². The highest BCUT2D eigenvalue weighted by Gasteiger charge is 2.14. The Morgan fingerprint density at radius 2 is 1.89 bits per heavy atom. The number of benzene rings is 2. The van der Waals surface area contributed by atoms with Crippen molar-refractivity contribution in [2.45, 2.75) is 39.9 Å². The lowest BCUT2D eigenvalue weighted by atomic mass is 10.2. The lowest BCUT2D eigenvalue weighted by Crippen LogP contribution is -2.26. The third kappa shape index (κ3) is 6.33. The van der Waals surface area contributed by atoms with Crippen LogP contribution in [0.1, 0.15) is 31.9 Å². The maximum atomic E-state index is 12.2. The van der Waals surface area contributed by atoms with Crippen molar-refractivity contribution in [1.82, 2.24) is 0 Å². The van der Waals surface area contributed by atoms with Gasteiger partial charge in [0.05, 0.1) is 19.4 Å². The standard InChI is InChI=1S/C21H26N2O4/c1-14(2)26-19-10-9-17(12-20(19)25-5)13-22-27-16(4)21(24)23-18-8-6-7-15(3)11-18/h6-14,16H,1-5H3,(H,23,24)/b22-13-/t16-/m1/s1. The summed E-state index contributed by atoms with van der Waals surface area (Å²) in [6.45, 7) is 7.51. The summed E-state index contributed by atoms with van der Waals surface area (Å²) in [5.74, 6) is 1.00. The monoisotopic (exact) mass is 370 g/mol. The largest absolute Gasteiger partial charge is 0.493 e. The SMILES string of the molecule is COc1cc(/C=N\O[C@H](C)C(=O)Nc2cccc(C)c2)ccc1OC(C)C. The Labute approximate surface area is 160 Å². The zero-order valence-electron chi connectivity index (χ0n) is 16.4. The molecule has 0 radical (unpaired) electrons. The van der Waals surface area contributed by atoms with Crippen molar-refractivity contribution in [2.75, 3.05) is 12.4 Å². The van der Waals surface area contributed by atoms with Crippen LogP contribution in [0, 0.1) is 6.92 Å². The first-order valence-electron chi connectivity index (χ1n) is 8.80. The molecule has 0 heterocycles. The van der Waals surface area contributed by atoms with Gasteiger partial charge in [-0.3, -0.25) is 4.79 Å². The summed E-state index contributed by atoms with van der Waals surface area (Å²) in [5, 5.41) is 6.71. The average Bonchev–Trinajstić information content (AvgIpc) is 2.62. The summed E-state index contributed by atoms with van der Waals surface area (Å²) in [4.78, 5) is 17.4. The number of rotatable bonds is 8. The first-order valence-corrected chi connectivity index (χ1v) is 8.80. The van der Waals surface area contributed by atoms with Gasteiger partial charge in [-0.15, -0.1) is 0 Å². The van der Waals surface area contributed by atoms with Crippen LogP contribution in [0.25, 0.3) is 0 Å². The highest BCUT2D eigenvalue weighted by Crippen LogP contribution is 2.28. The van der Waals surface area contributed by atoms with Crippen LogP contribution in [0.2, 0.25) is 0 Å². The first kappa shape index (κ1) is 20.3. The van der Waals surface area contributed by atoms with Crippen LogP contribution in [0.15, 0.2) is 47.6 Å². The number of carbonyl (C=O) groups is 1. The summed E-state index contributed by atoms with van der Waals surface area (Å²) >= 11 is 0. The second-order valence-electron chi connectivity index (χ2n) is 6.42. The molecule has 1 atom stereocenters. The highest BCUT2D eigenvalue weighted by atomic mass is 16.6. The topological polar surface area (TPSA) is 69.2 Å². The van der Waals surface area contributed by atoms with Gasteiger partial charge in [0.1, 0.15) is 0 Å². The Balaban J connectivity index is 1.94. The van der Waals surface area contributed by atoms with Gasteiger partial charge in [0, 0.05) is 11.3 Å². The third-order valence-electron chi connectivity index (χ3n) is 3.63. The van der Waals surface area contributed by atoms with Crippen molar-refractivity contribution < 1.29 is 19.1 Å². The van der Waals surface area contributed by atoms with E-state index in [1.54, 1.807) is 20.1 Å². The van der Waals surface area contributed by atoms with Gasteiger partial charge in [-0.05, 0) is 63.6 Å². The molecule has 0 unspecified atom stereocenters. The van der Waals surface area contributed by atoms with E-state index in [-0.39, 0.29) is 12.0 Å². The molecular weight excluding hydrogens is 344 g/mol. The van der Waals surface area contributed by atoms with E-state index in [4.69, 9.17) is 14.3 Å². The van der Waals surface area contributed by atoms with E-state index >= 15 is 0 Å². The summed E-state index contributed by atoms with van der Waals surface area (Å²) in [6, 6.07) is 13.0. The minimum absolute atomic E-state index is 0.0505. The fourth-order valence-electron chi connectivity index (χ4n) is 2.31. The van der Waals surface area contributed by atoms with Crippen molar-refractivity contribution in [2.24, 2.45) is 5.16 Å². The number of oxime groups is 1. The number of nitrogens with zero attached hydrogens (tertiary/aromatic N) is 1. The normalized spacial score (nSPS) is 12.1. The summed E-state index contributed by atoms with van der Waals surface area (Å²) in [6.07, 6.45) is 0.847. The molecule has 0 aromatic heterocycles. The second-order valence-corrected chi connectivity index (χ2v) is 6.42. The van der Waals surface area contributed by atoms with Gasteiger partial charge in [0.15, 0.2) is 11.5 Å². The number of nitrogens with one attached hydrogen (secondary N) is 1. The molecule has 0 saturated heterocycles. The quantitative estimate of drug-likeness (QED) is 0.559. The van der Waals surface area contributed by atoms with E-state index in [2.05, 4.69) is 10.5 Å². The van der Waals surface area contributed by atoms with Crippen molar-refractivity contribution in [3.05, 3.63) is 53.6 Å². The van der Waals surface area contributed by atoms with Gasteiger partial charge in [-0.25, -0.2) is 0 Å². The Bertz CT molecular complexity index is 803.